The van der Waals surface area contributed by atoms with Gasteiger partial charge in [0, 0.05) is 35.4 Å². The standard InChI is InChI=1S/C15H20ClN3.2ClH/c1-3-19(4-2)10-9-18-14-7-8-17-15-11-12(16)5-6-13(14)15;;/h5-8,11H,3-4,9-10H2,1-2H3,(H,17,18);2*1H. The van der Waals surface area contributed by atoms with E-state index < -0.39 is 0 Å². The van der Waals surface area contributed by atoms with Gasteiger partial charge in [0.2, 0.25) is 0 Å². The van der Waals surface area contributed by atoms with Crippen LogP contribution in [0.4, 0.5) is 5.69 Å². The molecule has 21 heavy (non-hydrogen) atoms. The van der Waals surface area contributed by atoms with Gasteiger partial charge in [0.25, 0.3) is 0 Å². The molecule has 1 aromatic heterocycles. The van der Waals surface area contributed by atoms with E-state index in [-0.39, 0.29) is 24.8 Å². The van der Waals surface area contributed by atoms with E-state index in [1.54, 1.807) is 0 Å². The average Bonchev–Trinajstić information content (AvgIpc) is 2.43. The minimum absolute atomic E-state index is 0. The molecule has 0 atom stereocenters. The normalized spacial score (nSPS) is 10.1. The Bertz CT molecular complexity index is 545. The maximum absolute atomic E-state index is 5.99. The molecule has 0 aliphatic rings. The van der Waals surface area contributed by atoms with Crippen LogP contribution < -0.4 is 5.32 Å². The van der Waals surface area contributed by atoms with Crippen molar-refractivity contribution in [2.24, 2.45) is 0 Å². The van der Waals surface area contributed by atoms with Crippen LogP contribution in [0.2, 0.25) is 5.02 Å². The monoisotopic (exact) mass is 349 g/mol. The first-order valence-electron chi connectivity index (χ1n) is 6.75. The van der Waals surface area contributed by atoms with Gasteiger partial charge in [0.05, 0.1) is 5.52 Å². The molecule has 1 aromatic carbocycles. The van der Waals surface area contributed by atoms with Crippen molar-refractivity contribution >= 4 is 53.0 Å². The molecule has 2 rings (SSSR count). The summed E-state index contributed by atoms with van der Waals surface area (Å²) in [4.78, 5) is 6.74. The first-order valence-corrected chi connectivity index (χ1v) is 7.13. The molecule has 6 heteroatoms. The molecule has 0 unspecified atom stereocenters. The summed E-state index contributed by atoms with van der Waals surface area (Å²) in [5, 5.41) is 5.32. The van der Waals surface area contributed by atoms with Gasteiger partial charge in [-0.1, -0.05) is 25.4 Å². The summed E-state index contributed by atoms with van der Waals surface area (Å²) in [6.45, 7) is 8.53. The molecule has 0 bridgehead atoms. The number of hydrogen-bond acceptors (Lipinski definition) is 3. The number of benzene rings is 1. The van der Waals surface area contributed by atoms with Crippen LogP contribution in [0.25, 0.3) is 10.9 Å². The van der Waals surface area contributed by atoms with E-state index in [9.17, 15) is 0 Å². The second kappa shape index (κ2) is 10.1. The molecule has 0 saturated heterocycles. The van der Waals surface area contributed by atoms with Crippen molar-refractivity contribution in [2.75, 3.05) is 31.5 Å². The molecule has 0 fully saturated rings. The van der Waals surface area contributed by atoms with Crippen molar-refractivity contribution in [1.82, 2.24) is 9.88 Å². The molecule has 0 amide bonds. The van der Waals surface area contributed by atoms with E-state index in [4.69, 9.17) is 11.6 Å². The zero-order chi connectivity index (χ0) is 13.7. The minimum Gasteiger partial charge on any atom is -0.383 e. The lowest BCUT2D eigenvalue weighted by Gasteiger charge is -2.18. The highest BCUT2D eigenvalue weighted by atomic mass is 35.5. The largest absolute Gasteiger partial charge is 0.383 e. The molecule has 0 spiro atoms. The lowest BCUT2D eigenvalue weighted by atomic mass is 10.2. The van der Waals surface area contributed by atoms with Gasteiger partial charge in [-0.3, -0.25) is 4.98 Å². The Balaban J connectivity index is 0.00000200. The second-order valence-electron chi connectivity index (χ2n) is 4.47. The number of hydrogen-bond donors (Lipinski definition) is 1. The van der Waals surface area contributed by atoms with Gasteiger partial charge < -0.3 is 10.2 Å². The molecule has 0 aliphatic heterocycles. The summed E-state index contributed by atoms with van der Waals surface area (Å²) in [6, 6.07) is 7.83. The summed E-state index contributed by atoms with van der Waals surface area (Å²) in [7, 11) is 0. The number of aromatic nitrogens is 1. The molecule has 1 N–H and O–H groups in total. The van der Waals surface area contributed by atoms with Crippen LogP contribution in [-0.4, -0.2) is 36.1 Å². The SMILES string of the molecule is CCN(CC)CCNc1ccnc2cc(Cl)ccc12.Cl.Cl. The maximum atomic E-state index is 5.99. The Labute approximate surface area is 143 Å². The summed E-state index contributed by atoms with van der Waals surface area (Å²) < 4.78 is 0. The summed E-state index contributed by atoms with van der Waals surface area (Å²) in [5.41, 5.74) is 2.05. The summed E-state index contributed by atoms with van der Waals surface area (Å²) in [5.74, 6) is 0. The van der Waals surface area contributed by atoms with Crippen molar-refractivity contribution in [3.63, 3.8) is 0 Å². The maximum Gasteiger partial charge on any atom is 0.0737 e. The van der Waals surface area contributed by atoms with Crippen LogP contribution in [0, 0.1) is 0 Å². The number of halogens is 3. The number of anilines is 1. The Morgan fingerprint density at radius 2 is 1.86 bits per heavy atom. The van der Waals surface area contributed by atoms with Gasteiger partial charge in [-0.15, -0.1) is 24.8 Å². The van der Waals surface area contributed by atoms with Crippen molar-refractivity contribution in [1.29, 1.82) is 0 Å². The van der Waals surface area contributed by atoms with Crippen LogP contribution in [0.1, 0.15) is 13.8 Å². The highest BCUT2D eigenvalue weighted by molar-refractivity contribution is 6.31. The average molecular weight is 351 g/mol. The van der Waals surface area contributed by atoms with Crippen LogP contribution in [0.3, 0.4) is 0 Å². The van der Waals surface area contributed by atoms with E-state index in [1.165, 1.54) is 0 Å². The van der Waals surface area contributed by atoms with E-state index in [0.29, 0.717) is 0 Å². The third kappa shape index (κ3) is 5.51. The Kier molecular flexibility index (Phi) is 9.71. The van der Waals surface area contributed by atoms with E-state index in [1.807, 2.05) is 30.5 Å². The molecule has 1 heterocycles. The van der Waals surface area contributed by atoms with Gasteiger partial charge >= 0.3 is 0 Å². The van der Waals surface area contributed by atoms with Crippen molar-refractivity contribution in [3.8, 4) is 0 Å². The first kappa shape index (κ1) is 20.3. The lowest BCUT2D eigenvalue weighted by Crippen LogP contribution is -2.28. The number of likely N-dealkylation sites (N-methyl/N-ethyl adjacent to an activating group) is 1. The number of pyridine rings is 1. The van der Waals surface area contributed by atoms with E-state index in [0.717, 1.165) is 47.8 Å². The second-order valence-corrected chi connectivity index (χ2v) is 4.91. The third-order valence-corrected chi connectivity index (χ3v) is 3.58. The Morgan fingerprint density at radius 3 is 2.52 bits per heavy atom. The fourth-order valence-electron chi connectivity index (χ4n) is 2.16. The molecular weight excluding hydrogens is 329 g/mol. The quantitative estimate of drug-likeness (QED) is 0.832. The lowest BCUT2D eigenvalue weighted by molar-refractivity contribution is 0.316. The molecule has 0 radical (unpaired) electrons. The fourth-order valence-corrected chi connectivity index (χ4v) is 2.33. The van der Waals surface area contributed by atoms with Gasteiger partial charge in [-0.2, -0.15) is 0 Å². The van der Waals surface area contributed by atoms with Gasteiger partial charge in [-0.25, -0.2) is 0 Å². The zero-order valence-electron chi connectivity index (χ0n) is 12.3. The first-order chi connectivity index (χ1) is 9.24. The Hall–Kier alpha value is -0.740. The van der Waals surface area contributed by atoms with Gasteiger partial charge in [0.15, 0.2) is 0 Å². The molecule has 0 aliphatic carbocycles. The van der Waals surface area contributed by atoms with Crippen LogP contribution >= 0.6 is 36.4 Å². The number of rotatable bonds is 6. The van der Waals surface area contributed by atoms with Crippen LogP contribution in [-0.2, 0) is 0 Å². The predicted octanol–water partition coefficient (Wildman–Crippen LogP) is 4.49. The predicted molar refractivity (Wildman–Crippen MR) is 97.5 cm³/mol. The number of nitrogens with zero attached hydrogens (tertiary/aromatic N) is 2. The van der Waals surface area contributed by atoms with Crippen molar-refractivity contribution in [2.45, 2.75) is 13.8 Å². The topological polar surface area (TPSA) is 28.2 Å². The fraction of sp³-hybridized carbons (Fsp3) is 0.400. The van der Waals surface area contributed by atoms with Crippen molar-refractivity contribution in [3.05, 3.63) is 35.5 Å². The number of fused-ring (bicyclic) bond motifs is 1. The number of nitrogens with one attached hydrogen (secondary N) is 1. The zero-order valence-corrected chi connectivity index (χ0v) is 14.7. The summed E-state index contributed by atoms with van der Waals surface area (Å²) >= 11 is 5.99. The molecule has 2 aromatic rings. The van der Waals surface area contributed by atoms with Crippen molar-refractivity contribution < 1.29 is 0 Å². The molecule has 3 nitrogen and oxygen atoms in total. The van der Waals surface area contributed by atoms with Crippen LogP contribution in [0.5, 0.6) is 0 Å². The highest BCUT2D eigenvalue weighted by Gasteiger charge is 2.03. The van der Waals surface area contributed by atoms with E-state index in [2.05, 4.69) is 29.0 Å². The van der Waals surface area contributed by atoms with Gasteiger partial charge in [-0.05, 0) is 37.4 Å². The smallest absolute Gasteiger partial charge is 0.0737 e. The molecule has 0 saturated carbocycles. The van der Waals surface area contributed by atoms with E-state index >= 15 is 0 Å². The summed E-state index contributed by atoms with van der Waals surface area (Å²) in [6.07, 6.45) is 1.82. The minimum atomic E-state index is 0. The Morgan fingerprint density at radius 1 is 1.14 bits per heavy atom. The molecule has 118 valence electrons. The van der Waals surface area contributed by atoms with Gasteiger partial charge in [0.1, 0.15) is 0 Å². The molecular formula is C15H22Cl3N3. The van der Waals surface area contributed by atoms with Crippen LogP contribution in [0.15, 0.2) is 30.5 Å². The highest BCUT2D eigenvalue weighted by Crippen LogP contribution is 2.24. The third-order valence-electron chi connectivity index (χ3n) is 3.34.